The summed E-state index contributed by atoms with van der Waals surface area (Å²) in [6, 6.07) is 4.39. The van der Waals surface area contributed by atoms with Crippen molar-refractivity contribution in [3.63, 3.8) is 0 Å². The van der Waals surface area contributed by atoms with Gasteiger partial charge in [0.05, 0.1) is 10.0 Å². The number of nitrogens with zero attached hydrogens (tertiary/aromatic N) is 1. The zero-order valence-corrected chi connectivity index (χ0v) is 10.6. The summed E-state index contributed by atoms with van der Waals surface area (Å²) in [6.07, 6.45) is 0. The largest absolute Gasteiger partial charge is 0.320 e. The Balaban J connectivity index is 2.22. The minimum Gasteiger partial charge on any atom is -0.320 e. The van der Waals surface area contributed by atoms with E-state index in [0.717, 1.165) is 4.90 Å². The first kappa shape index (κ1) is 12.9. The first-order valence-electron chi connectivity index (χ1n) is 5.04. The number of nitrogens with one attached hydrogen (secondary N) is 1. The van der Waals surface area contributed by atoms with Gasteiger partial charge in [-0.25, -0.2) is 0 Å². The lowest BCUT2D eigenvalue weighted by atomic mass is 10.2. The molecule has 1 heterocycles. The molecule has 1 N–H and O–H groups in total. The summed E-state index contributed by atoms with van der Waals surface area (Å²) in [5, 5.41) is 2.70. The molecule has 1 aliphatic heterocycles. The van der Waals surface area contributed by atoms with Crippen molar-refractivity contribution in [2.45, 2.75) is 0 Å². The summed E-state index contributed by atoms with van der Waals surface area (Å²) in [5.74, 6) is -1.43. The number of imide groups is 1. The van der Waals surface area contributed by atoms with Crippen molar-refractivity contribution in [3.8, 4) is 0 Å². The van der Waals surface area contributed by atoms with Gasteiger partial charge in [-0.1, -0.05) is 23.2 Å². The molecule has 1 saturated heterocycles. The molecule has 5 nitrogen and oxygen atoms in total. The molecule has 0 aliphatic carbocycles. The van der Waals surface area contributed by atoms with Crippen LogP contribution >= 0.6 is 23.2 Å². The van der Waals surface area contributed by atoms with Gasteiger partial charge in [0.25, 0.3) is 5.91 Å². The molecule has 7 heteroatoms. The number of benzene rings is 1. The molecule has 1 aromatic rings. The van der Waals surface area contributed by atoms with Crippen molar-refractivity contribution in [1.29, 1.82) is 0 Å². The Morgan fingerprint density at radius 3 is 2.28 bits per heavy atom. The number of amides is 3. The Hall–Kier alpha value is -1.59. The molecule has 0 saturated carbocycles. The van der Waals surface area contributed by atoms with E-state index in [1.165, 1.54) is 18.2 Å². The van der Waals surface area contributed by atoms with Crippen LogP contribution < -0.4 is 5.32 Å². The van der Waals surface area contributed by atoms with Gasteiger partial charge < -0.3 is 4.90 Å². The average Bonchev–Trinajstić information content (AvgIpc) is 2.30. The van der Waals surface area contributed by atoms with Crippen LogP contribution in [0.3, 0.4) is 0 Å². The van der Waals surface area contributed by atoms with Crippen LogP contribution in [0, 0.1) is 0 Å². The summed E-state index contributed by atoms with van der Waals surface area (Å²) in [7, 11) is 0. The molecule has 0 spiro atoms. The number of halogens is 2. The van der Waals surface area contributed by atoms with Gasteiger partial charge in [-0.2, -0.15) is 0 Å². The van der Waals surface area contributed by atoms with Crippen LogP contribution in [0.1, 0.15) is 10.4 Å². The Kier molecular flexibility index (Phi) is 3.54. The molecule has 3 amide bonds. The summed E-state index contributed by atoms with van der Waals surface area (Å²) in [4.78, 5) is 35.5. The molecule has 18 heavy (non-hydrogen) atoms. The molecular weight excluding hydrogens is 279 g/mol. The lowest BCUT2D eigenvalue weighted by Gasteiger charge is -2.25. The Labute approximate surface area is 113 Å². The zero-order chi connectivity index (χ0) is 13.3. The van der Waals surface area contributed by atoms with Crippen LogP contribution in [-0.4, -0.2) is 35.7 Å². The van der Waals surface area contributed by atoms with E-state index in [1.807, 2.05) is 0 Å². The second-order valence-electron chi connectivity index (χ2n) is 3.76. The van der Waals surface area contributed by atoms with Gasteiger partial charge in [0.15, 0.2) is 0 Å². The molecule has 2 rings (SSSR count). The summed E-state index contributed by atoms with van der Waals surface area (Å²) < 4.78 is 0. The number of piperazine rings is 1. The average molecular weight is 287 g/mol. The predicted molar refractivity (Wildman–Crippen MR) is 65.5 cm³/mol. The highest BCUT2D eigenvalue weighted by molar-refractivity contribution is 6.42. The van der Waals surface area contributed by atoms with Crippen molar-refractivity contribution in [2.24, 2.45) is 0 Å². The smallest absolute Gasteiger partial charge is 0.254 e. The van der Waals surface area contributed by atoms with Crippen molar-refractivity contribution in [3.05, 3.63) is 33.8 Å². The second-order valence-corrected chi connectivity index (χ2v) is 4.58. The van der Waals surface area contributed by atoms with E-state index in [4.69, 9.17) is 23.2 Å². The summed E-state index contributed by atoms with van der Waals surface area (Å²) in [6.45, 7) is -0.296. The Morgan fingerprint density at radius 1 is 1.11 bits per heavy atom. The lowest BCUT2D eigenvalue weighted by Crippen LogP contribution is -2.53. The van der Waals surface area contributed by atoms with Gasteiger partial charge in [-0.05, 0) is 18.2 Å². The van der Waals surface area contributed by atoms with E-state index in [1.54, 1.807) is 0 Å². The van der Waals surface area contributed by atoms with Crippen LogP contribution in [0.25, 0.3) is 0 Å². The number of carbonyl (C=O) groups is 3. The maximum atomic E-state index is 12.0. The third kappa shape index (κ3) is 2.63. The molecule has 0 atom stereocenters. The van der Waals surface area contributed by atoms with Gasteiger partial charge in [-0.3, -0.25) is 19.7 Å². The third-order valence-corrected chi connectivity index (χ3v) is 3.14. The van der Waals surface area contributed by atoms with Crippen molar-refractivity contribution < 1.29 is 14.4 Å². The fourth-order valence-electron chi connectivity index (χ4n) is 1.59. The summed E-state index contributed by atoms with van der Waals surface area (Å²) >= 11 is 11.5. The van der Waals surface area contributed by atoms with Gasteiger partial charge in [0.1, 0.15) is 13.1 Å². The monoisotopic (exact) mass is 286 g/mol. The number of hydrogen-bond acceptors (Lipinski definition) is 3. The fraction of sp³-hybridized carbons (Fsp3) is 0.182. The fourth-order valence-corrected chi connectivity index (χ4v) is 1.89. The standard InChI is InChI=1S/C11H8Cl2N2O3/c12-7-2-1-6(3-8(7)13)11(18)15-4-9(16)14-10(17)5-15/h1-3H,4-5H2,(H,14,16,17). The molecule has 0 radical (unpaired) electrons. The highest BCUT2D eigenvalue weighted by Crippen LogP contribution is 2.23. The molecule has 1 aromatic carbocycles. The molecule has 0 unspecified atom stereocenters. The molecule has 1 aliphatic rings. The predicted octanol–water partition coefficient (Wildman–Crippen LogP) is 1.09. The van der Waals surface area contributed by atoms with Crippen LogP contribution in [0.2, 0.25) is 10.0 Å². The van der Waals surface area contributed by atoms with Gasteiger partial charge in [0, 0.05) is 5.56 Å². The normalized spacial score (nSPS) is 15.6. The topological polar surface area (TPSA) is 66.5 Å². The number of hydrogen-bond donors (Lipinski definition) is 1. The molecule has 1 fully saturated rings. The SMILES string of the molecule is O=C1CN(C(=O)c2ccc(Cl)c(Cl)c2)CC(=O)N1. The Bertz CT molecular complexity index is 529. The van der Waals surface area contributed by atoms with E-state index in [0.29, 0.717) is 5.02 Å². The van der Waals surface area contributed by atoms with E-state index < -0.39 is 17.7 Å². The maximum absolute atomic E-state index is 12.0. The van der Waals surface area contributed by atoms with E-state index in [-0.39, 0.29) is 23.7 Å². The van der Waals surface area contributed by atoms with Gasteiger partial charge in [0.2, 0.25) is 11.8 Å². The second kappa shape index (κ2) is 4.96. The summed E-state index contributed by atoms with van der Waals surface area (Å²) in [5.41, 5.74) is 0.284. The first-order valence-corrected chi connectivity index (χ1v) is 5.80. The van der Waals surface area contributed by atoms with Crippen LogP contribution in [-0.2, 0) is 9.59 Å². The first-order chi connectivity index (χ1) is 8.47. The molecule has 0 aromatic heterocycles. The molecule has 94 valence electrons. The highest BCUT2D eigenvalue weighted by atomic mass is 35.5. The van der Waals surface area contributed by atoms with Crippen LogP contribution in [0.15, 0.2) is 18.2 Å². The van der Waals surface area contributed by atoms with E-state index in [2.05, 4.69) is 5.32 Å². The molecule has 0 bridgehead atoms. The van der Waals surface area contributed by atoms with Crippen LogP contribution in [0.4, 0.5) is 0 Å². The number of carbonyl (C=O) groups excluding carboxylic acids is 3. The van der Waals surface area contributed by atoms with Gasteiger partial charge >= 0.3 is 0 Å². The Morgan fingerprint density at radius 2 is 1.72 bits per heavy atom. The minimum atomic E-state index is -0.500. The minimum absolute atomic E-state index is 0.148. The maximum Gasteiger partial charge on any atom is 0.254 e. The van der Waals surface area contributed by atoms with Gasteiger partial charge in [-0.15, -0.1) is 0 Å². The van der Waals surface area contributed by atoms with Crippen molar-refractivity contribution >= 4 is 40.9 Å². The van der Waals surface area contributed by atoms with E-state index in [9.17, 15) is 14.4 Å². The van der Waals surface area contributed by atoms with E-state index >= 15 is 0 Å². The molecular formula is C11H8Cl2N2O3. The van der Waals surface area contributed by atoms with Crippen LogP contribution in [0.5, 0.6) is 0 Å². The third-order valence-electron chi connectivity index (χ3n) is 2.40. The highest BCUT2D eigenvalue weighted by Gasteiger charge is 2.27. The number of rotatable bonds is 1. The van der Waals surface area contributed by atoms with Crippen molar-refractivity contribution in [1.82, 2.24) is 10.2 Å². The van der Waals surface area contributed by atoms with Crippen molar-refractivity contribution in [2.75, 3.05) is 13.1 Å². The lowest BCUT2D eigenvalue weighted by molar-refractivity contribution is -0.135. The quantitative estimate of drug-likeness (QED) is 0.786. The zero-order valence-electron chi connectivity index (χ0n) is 9.07.